The molecule has 1 aliphatic rings. The van der Waals surface area contributed by atoms with Crippen molar-refractivity contribution in [1.82, 2.24) is 0 Å². The first kappa shape index (κ1) is 13.6. The summed E-state index contributed by atoms with van der Waals surface area (Å²) in [6, 6.07) is 18.8. The van der Waals surface area contributed by atoms with E-state index in [9.17, 15) is 0 Å². The monoisotopic (exact) mass is 256 g/mol. The highest BCUT2D eigenvalue weighted by atomic mass is 16.5. The summed E-state index contributed by atoms with van der Waals surface area (Å²) in [5, 5.41) is 0. The zero-order valence-corrected chi connectivity index (χ0v) is 11.5. The highest BCUT2D eigenvalue weighted by molar-refractivity contribution is 5.36. The predicted octanol–water partition coefficient (Wildman–Crippen LogP) is 4.02. The zero-order chi connectivity index (χ0) is 13.5. The number of hydrogen-bond donors (Lipinski definition) is 0. The van der Waals surface area contributed by atoms with Gasteiger partial charge in [0.15, 0.2) is 0 Å². The number of methoxy groups -OCH3 is 1. The molecule has 0 spiro atoms. The fraction of sp³-hybridized carbons (Fsp3) is 0.294. The van der Waals surface area contributed by atoms with Crippen LogP contribution >= 0.6 is 0 Å². The summed E-state index contributed by atoms with van der Waals surface area (Å²) in [6.45, 7) is 0. The number of hydrogen-bond acceptors (Lipinski definition) is 2. The van der Waals surface area contributed by atoms with Gasteiger partial charge in [-0.1, -0.05) is 48.5 Å². The number of rotatable bonds is 1. The largest absolute Gasteiger partial charge is 0.485 e. The van der Waals surface area contributed by atoms with Gasteiger partial charge in [-0.15, -0.1) is 0 Å². The van der Waals surface area contributed by atoms with Gasteiger partial charge in [0, 0.05) is 14.2 Å². The molecular weight excluding hydrogens is 236 g/mol. The smallest absolute Gasteiger partial charge is 0.124 e. The molecule has 2 heteroatoms. The van der Waals surface area contributed by atoms with E-state index in [0.717, 1.165) is 18.6 Å². The van der Waals surface area contributed by atoms with Gasteiger partial charge in [-0.3, -0.25) is 0 Å². The van der Waals surface area contributed by atoms with Gasteiger partial charge in [0.25, 0.3) is 0 Å². The van der Waals surface area contributed by atoms with Crippen molar-refractivity contribution in [1.29, 1.82) is 0 Å². The van der Waals surface area contributed by atoms with E-state index in [1.165, 1.54) is 11.1 Å². The van der Waals surface area contributed by atoms with Crippen molar-refractivity contribution in [3.8, 4) is 5.75 Å². The number of para-hydroxylation sites is 1. The molecule has 2 aromatic rings. The van der Waals surface area contributed by atoms with Crippen LogP contribution in [-0.4, -0.2) is 14.2 Å². The molecule has 19 heavy (non-hydrogen) atoms. The number of aryl methyl sites for hydroxylation is 1. The molecule has 1 unspecified atom stereocenters. The maximum Gasteiger partial charge on any atom is 0.124 e. The Hall–Kier alpha value is -1.80. The Morgan fingerprint density at radius 2 is 1.58 bits per heavy atom. The lowest BCUT2D eigenvalue weighted by molar-refractivity contribution is 0.176. The first-order valence-electron chi connectivity index (χ1n) is 6.54. The van der Waals surface area contributed by atoms with Crippen molar-refractivity contribution < 1.29 is 9.47 Å². The molecule has 1 atom stereocenters. The molecule has 0 bridgehead atoms. The molecule has 0 saturated heterocycles. The minimum atomic E-state index is 0.219. The molecule has 0 saturated carbocycles. The highest BCUT2D eigenvalue weighted by Gasteiger charge is 2.20. The van der Waals surface area contributed by atoms with E-state index in [0.29, 0.717) is 0 Å². The second kappa shape index (κ2) is 6.95. The van der Waals surface area contributed by atoms with E-state index in [1.54, 1.807) is 14.2 Å². The molecule has 0 radical (unpaired) electrons. The quantitative estimate of drug-likeness (QED) is 0.767. The van der Waals surface area contributed by atoms with Gasteiger partial charge in [-0.05, 0) is 30.0 Å². The van der Waals surface area contributed by atoms with Crippen LogP contribution in [0.1, 0.15) is 23.7 Å². The van der Waals surface area contributed by atoms with Crippen LogP contribution in [0.15, 0.2) is 54.6 Å². The number of fused-ring (bicyclic) bond motifs is 1. The summed E-state index contributed by atoms with van der Waals surface area (Å²) >= 11 is 0. The fourth-order valence-electron chi connectivity index (χ4n) is 2.23. The molecule has 0 fully saturated rings. The maximum atomic E-state index is 6.02. The third-order valence-corrected chi connectivity index (χ3v) is 3.09. The van der Waals surface area contributed by atoms with Crippen LogP contribution in [-0.2, 0) is 11.2 Å². The van der Waals surface area contributed by atoms with Gasteiger partial charge in [0.1, 0.15) is 11.9 Å². The summed E-state index contributed by atoms with van der Waals surface area (Å²) in [5.74, 6) is 1.04. The lowest BCUT2D eigenvalue weighted by atomic mass is 9.98. The second-order valence-corrected chi connectivity index (χ2v) is 4.57. The summed E-state index contributed by atoms with van der Waals surface area (Å²) in [5.41, 5.74) is 2.60. The van der Waals surface area contributed by atoms with E-state index in [1.807, 2.05) is 12.1 Å². The Bertz CT molecular complexity index is 494. The topological polar surface area (TPSA) is 18.5 Å². The van der Waals surface area contributed by atoms with E-state index in [-0.39, 0.29) is 6.10 Å². The Morgan fingerprint density at radius 3 is 2.32 bits per heavy atom. The first-order valence-corrected chi connectivity index (χ1v) is 6.54. The van der Waals surface area contributed by atoms with Crippen LogP contribution in [0.5, 0.6) is 5.75 Å². The third kappa shape index (κ3) is 3.58. The van der Waals surface area contributed by atoms with Gasteiger partial charge in [0.05, 0.1) is 0 Å². The first-order chi connectivity index (χ1) is 9.35. The normalized spacial score (nSPS) is 16.6. The number of benzene rings is 2. The minimum absolute atomic E-state index is 0.219. The van der Waals surface area contributed by atoms with Crippen molar-refractivity contribution >= 4 is 0 Å². The molecule has 2 nitrogen and oxygen atoms in total. The average molecular weight is 256 g/mol. The van der Waals surface area contributed by atoms with Crippen LogP contribution < -0.4 is 4.74 Å². The van der Waals surface area contributed by atoms with E-state index in [4.69, 9.17) is 4.74 Å². The minimum Gasteiger partial charge on any atom is -0.485 e. The van der Waals surface area contributed by atoms with Crippen LogP contribution in [0.2, 0.25) is 0 Å². The number of ether oxygens (including phenoxy) is 2. The van der Waals surface area contributed by atoms with Crippen molar-refractivity contribution in [2.45, 2.75) is 18.9 Å². The second-order valence-electron chi connectivity index (χ2n) is 4.57. The van der Waals surface area contributed by atoms with Crippen LogP contribution in [0.25, 0.3) is 0 Å². The average Bonchev–Trinajstić information content (AvgIpc) is 2.48. The summed E-state index contributed by atoms with van der Waals surface area (Å²) in [6.07, 6.45) is 2.40. The third-order valence-electron chi connectivity index (χ3n) is 3.09. The molecule has 0 amide bonds. The SMILES string of the molecule is COC.c1ccc(C2CCc3ccccc3O2)cc1. The van der Waals surface area contributed by atoms with Gasteiger partial charge in [-0.25, -0.2) is 0 Å². The summed E-state index contributed by atoms with van der Waals surface area (Å²) in [7, 11) is 3.25. The van der Waals surface area contributed by atoms with Crippen molar-refractivity contribution in [2.75, 3.05) is 14.2 Å². The van der Waals surface area contributed by atoms with Crippen LogP contribution in [0.4, 0.5) is 0 Å². The summed E-state index contributed by atoms with van der Waals surface area (Å²) in [4.78, 5) is 0. The molecule has 0 N–H and O–H groups in total. The Morgan fingerprint density at radius 1 is 0.947 bits per heavy atom. The molecule has 0 aliphatic carbocycles. The molecule has 100 valence electrons. The predicted molar refractivity (Wildman–Crippen MR) is 77.5 cm³/mol. The maximum absolute atomic E-state index is 6.02. The molecule has 1 aliphatic heterocycles. The zero-order valence-electron chi connectivity index (χ0n) is 11.5. The molecule has 1 heterocycles. The van der Waals surface area contributed by atoms with Crippen LogP contribution in [0.3, 0.4) is 0 Å². The van der Waals surface area contributed by atoms with Gasteiger partial charge in [0.2, 0.25) is 0 Å². The highest BCUT2D eigenvalue weighted by Crippen LogP contribution is 2.34. The van der Waals surface area contributed by atoms with Crippen LogP contribution in [0, 0.1) is 0 Å². The van der Waals surface area contributed by atoms with Gasteiger partial charge < -0.3 is 9.47 Å². The Labute approximate surface area is 115 Å². The van der Waals surface area contributed by atoms with Crippen molar-refractivity contribution in [3.05, 3.63) is 65.7 Å². The van der Waals surface area contributed by atoms with Crippen molar-refractivity contribution in [3.63, 3.8) is 0 Å². The Balaban J connectivity index is 0.000000408. The summed E-state index contributed by atoms with van der Waals surface area (Å²) < 4.78 is 10.3. The lowest BCUT2D eigenvalue weighted by Gasteiger charge is -2.26. The van der Waals surface area contributed by atoms with E-state index >= 15 is 0 Å². The Kier molecular flexibility index (Phi) is 4.99. The van der Waals surface area contributed by atoms with Crippen molar-refractivity contribution in [2.24, 2.45) is 0 Å². The lowest BCUT2D eigenvalue weighted by Crippen LogP contribution is -2.14. The molecule has 0 aromatic heterocycles. The molecule has 3 rings (SSSR count). The van der Waals surface area contributed by atoms with E-state index in [2.05, 4.69) is 47.2 Å². The van der Waals surface area contributed by atoms with E-state index < -0.39 is 0 Å². The van der Waals surface area contributed by atoms with Gasteiger partial charge >= 0.3 is 0 Å². The molecule has 2 aromatic carbocycles. The molecular formula is C17H20O2. The standard InChI is InChI=1S/C15H14O.C2H6O/c1-2-6-12(7-3-1)15-11-10-13-8-4-5-9-14(13)16-15;1-3-2/h1-9,15H,10-11H2;1-2H3. The fourth-order valence-corrected chi connectivity index (χ4v) is 2.23. The van der Waals surface area contributed by atoms with Gasteiger partial charge in [-0.2, -0.15) is 0 Å².